The summed E-state index contributed by atoms with van der Waals surface area (Å²) in [5, 5.41) is 1.03. The second-order valence-corrected chi connectivity index (χ2v) is 7.70. The number of hydrogen-bond donors (Lipinski definition) is 0. The van der Waals surface area contributed by atoms with Crippen LogP contribution < -0.4 is 0 Å². The Hall–Kier alpha value is -2.82. The van der Waals surface area contributed by atoms with Crippen molar-refractivity contribution in [1.29, 1.82) is 0 Å². The van der Waals surface area contributed by atoms with Crippen molar-refractivity contribution in [3.05, 3.63) is 71.4 Å². The maximum atomic E-state index is 13.5. The van der Waals surface area contributed by atoms with E-state index < -0.39 is 5.41 Å². The molecule has 5 heteroatoms. The Kier molecular flexibility index (Phi) is 4.84. The quantitative estimate of drug-likeness (QED) is 0.670. The molecule has 0 spiro atoms. The molecule has 0 radical (unpaired) electrons. The standard InChI is InChI=1S/C23H24FN3O/c1-16-19-7-3-4-8-20(19)26-21(25-16)15-27(2)22(28)23(13-5-6-14-23)17-9-11-18(24)12-10-17/h3-4,7-12H,5-6,13-15H2,1-2H3. The van der Waals surface area contributed by atoms with Gasteiger partial charge in [-0.3, -0.25) is 4.79 Å². The van der Waals surface area contributed by atoms with Crippen LogP contribution >= 0.6 is 0 Å². The first-order chi connectivity index (χ1) is 13.5. The first-order valence-electron chi connectivity index (χ1n) is 9.73. The second-order valence-electron chi connectivity index (χ2n) is 7.70. The van der Waals surface area contributed by atoms with Gasteiger partial charge in [0.1, 0.15) is 11.6 Å². The van der Waals surface area contributed by atoms with Crippen LogP contribution in [0.25, 0.3) is 10.9 Å². The minimum Gasteiger partial charge on any atom is -0.337 e. The molecule has 0 aliphatic heterocycles. The Labute approximate surface area is 164 Å². The first kappa shape index (κ1) is 18.5. The summed E-state index contributed by atoms with van der Waals surface area (Å²) < 4.78 is 13.4. The predicted octanol–water partition coefficient (Wildman–Crippen LogP) is 4.55. The van der Waals surface area contributed by atoms with Crippen molar-refractivity contribution in [2.45, 2.75) is 44.6 Å². The van der Waals surface area contributed by atoms with E-state index in [9.17, 15) is 9.18 Å². The Morgan fingerprint density at radius 2 is 1.75 bits per heavy atom. The molecule has 1 amide bonds. The van der Waals surface area contributed by atoms with Crippen LogP contribution in [0.4, 0.5) is 4.39 Å². The van der Waals surface area contributed by atoms with E-state index in [1.54, 1.807) is 24.1 Å². The molecule has 0 bridgehead atoms. The van der Waals surface area contributed by atoms with Crippen molar-refractivity contribution >= 4 is 16.8 Å². The van der Waals surface area contributed by atoms with Crippen LogP contribution in [0.15, 0.2) is 48.5 Å². The van der Waals surface area contributed by atoms with Crippen LogP contribution in [0, 0.1) is 12.7 Å². The highest BCUT2D eigenvalue weighted by Crippen LogP contribution is 2.42. The largest absolute Gasteiger partial charge is 0.337 e. The number of fused-ring (bicyclic) bond motifs is 1. The van der Waals surface area contributed by atoms with Crippen molar-refractivity contribution in [2.75, 3.05) is 7.05 Å². The summed E-state index contributed by atoms with van der Waals surface area (Å²) in [5.41, 5.74) is 2.13. The van der Waals surface area contributed by atoms with E-state index >= 15 is 0 Å². The molecule has 0 saturated heterocycles. The molecule has 4 nitrogen and oxygen atoms in total. The highest BCUT2D eigenvalue weighted by molar-refractivity contribution is 5.88. The zero-order valence-electron chi connectivity index (χ0n) is 16.3. The summed E-state index contributed by atoms with van der Waals surface area (Å²) >= 11 is 0. The number of likely N-dealkylation sites (N-methyl/N-ethyl adjacent to an activating group) is 1. The Balaban J connectivity index is 1.62. The maximum Gasteiger partial charge on any atom is 0.233 e. The number of hydrogen-bond acceptors (Lipinski definition) is 3. The normalized spacial score (nSPS) is 15.7. The monoisotopic (exact) mass is 377 g/mol. The molecule has 3 aromatic rings. The van der Waals surface area contributed by atoms with Gasteiger partial charge >= 0.3 is 0 Å². The van der Waals surface area contributed by atoms with Crippen molar-refractivity contribution in [2.24, 2.45) is 0 Å². The topological polar surface area (TPSA) is 46.1 Å². The lowest BCUT2D eigenvalue weighted by Gasteiger charge is -2.32. The minimum atomic E-state index is -0.575. The van der Waals surface area contributed by atoms with Gasteiger partial charge in [0.2, 0.25) is 5.91 Å². The van der Waals surface area contributed by atoms with Crippen LogP contribution in [0.5, 0.6) is 0 Å². The van der Waals surface area contributed by atoms with Crippen LogP contribution in [0.3, 0.4) is 0 Å². The minimum absolute atomic E-state index is 0.0611. The molecule has 0 atom stereocenters. The number of halogens is 1. The zero-order valence-corrected chi connectivity index (χ0v) is 16.3. The maximum absolute atomic E-state index is 13.5. The van der Waals surface area contributed by atoms with Crippen molar-refractivity contribution < 1.29 is 9.18 Å². The zero-order chi connectivity index (χ0) is 19.7. The summed E-state index contributed by atoms with van der Waals surface area (Å²) in [6.07, 6.45) is 3.59. The number of benzene rings is 2. The molecule has 1 saturated carbocycles. The van der Waals surface area contributed by atoms with Gasteiger partial charge in [-0.1, -0.05) is 43.2 Å². The van der Waals surface area contributed by atoms with E-state index in [1.165, 1.54) is 12.1 Å². The molecule has 1 fully saturated rings. The van der Waals surface area contributed by atoms with E-state index in [2.05, 4.69) is 9.97 Å². The Morgan fingerprint density at radius 1 is 1.07 bits per heavy atom. The van der Waals surface area contributed by atoms with Gasteiger partial charge in [0, 0.05) is 18.1 Å². The van der Waals surface area contributed by atoms with Crippen molar-refractivity contribution in [3.8, 4) is 0 Å². The van der Waals surface area contributed by atoms with Crippen LogP contribution in [0.1, 0.15) is 42.8 Å². The van der Waals surface area contributed by atoms with E-state index in [1.807, 2.05) is 31.2 Å². The van der Waals surface area contributed by atoms with E-state index in [-0.39, 0.29) is 11.7 Å². The summed E-state index contributed by atoms with van der Waals surface area (Å²) in [6.45, 7) is 2.32. The Bertz CT molecular complexity index is 1010. The first-order valence-corrected chi connectivity index (χ1v) is 9.73. The van der Waals surface area contributed by atoms with Gasteiger partial charge in [-0.15, -0.1) is 0 Å². The summed E-state index contributed by atoms with van der Waals surface area (Å²) in [7, 11) is 1.81. The molecule has 0 unspecified atom stereocenters. The fraction of sp³-hybridized carbons (Fsp3) is 0.348. The SMILES string of the molecule is Cc1nc(CN(C)C(=O)C2(c3ccc(F)cc3)CCCC2)nc2ccccc12. The lowest BCUT2D eigenvalue weighted by molar-refractivity contribution is -0.136. The number of amides is 1. The predicted molar refractivity (Wildman–Crippen MR) is 107 cm³/mol. The van der Waals surface area contributed by atoms with E-state index in [0.717, 1.165) is 47.8 Å². The van der Waals surface area contributed by atoms with Gasteiger partial charge in [0.15, 0.2) is 0 Å². The van der Waals surface area contributed by atoms with Crippen LogP contribution in [0.2, 0.25) is 0 Å². The van der Waals surface area contributed by atoms with Crippen LogP contribution in [-0.4, -0.2) is 27.8 Å². The molecule has 0 N–H and O–H groups in total. The molecule has 1 aromatic heterocycles. The molecule has 2 aromatic carbocycles. The van der Waals surface area contributed by atoms with Gasteiger partial charge in [-0.05, 0) is 43.5 Å². The van der Waals surface area contributed by atoms with Gasteiger partial charge in [-0.25, -0.2) is 14.4 Å². The lowest BCUT2D eigenvalue weighted by Crippen LogP contribution is -2.43. The third-order valence-electron chi connectivity index (χ3n) is 5.83. The number of rotatable bonds is 4. The van der Waals surface area contributed by atoms with Crippen LogP contribution in [-0.2, 0) is 16.8 Å². The Morgan fingerprint density at radius 3 is 2.46 bits per heavy atom. The smallest absolute Gasteiger partial charge is 0.233 e. The molecule has 1 heterocycles. The summed E-state index contributed by atoms with van der Waals surface area (Å²) in [4.78, 5) is 24.4. The lowest BCUT2D eigenvalue weighted by atomic mass is 9.77. The molecular weight excluding hydrogens is 353 g/mol. The highest BCUT2D eigenvalue weighted by Gasteiger charge is 2.44. The number of carbonyl (C=O) groups excluding carboxylic acids is 1. The van der Waals surface area contributed by atoms with Gasteiger partial charge in [-0.2, -0.15) is 0 Å². The fourth-order valence-corrected chi connectivity index (χ4v) is 4.39. The summed E-state index contributed by atoms with van der Waals surface area (Å²) in [6, 6.07) is 14.3. The molecule has 1 aliphatic carbocycles. The molecule has 144 valence electrons. The summed E-state index contributed by atoms with van der Waals surface area (Å²) in [5.74, 6) is 0.420. The molecule has 28 heavy (non-hydrogen) atoms. The molecular formula is C23H24FN3O. The molecule has 1 aliphatic rings. The second kappa shape index (κ2) is 7.30. The van der Waals surface area contributed by atoms with Crippen molar-refractivity contribution in [1.82, 2.24) is 14.9 Å². The van der Waals surface area contributed by atoms with Gasteiger partial charge in [0.25, 0.3) is 0 Å². The number of nitrogens with zero attached hydrogens (tertiary/aromatic N) is 3. The van der Waals surface area contributed by atoms with E-state index in [4.69, 9.17) is 0 Å². The third-order valence-corrected chi connectivity index (χ3v) is 5.83. The van der Waals surface area contributed by atoms with Crippen molar-refractivity contribution in [3.63, 3.8) is 0 Å². The average molecular weight is 377 g/mol. The van der Waals surface area contributed by atoms with E-state index in [0.29, 0.717) is 12.4 Å². The third kappa shape index (κ3) is 3.26. The molecule has 4 rings (SSSR count). The van der Waals surface area contributed by atoms with Gasteiger partial charge in [0.05, 0.1) is 17.5 Å². The number of para-hydroxylation sites is 1. The number of aryl methyl sites for hydroxylation is 1. The number of carbonyl (C=O) groups is 1. The average Bonchev–Trinajstić information content (AvgIpc) is 3.19. The van der Waals surface area contributed by atoms with Gasteiger partial charge < -0.3 is 4.90 Å². The number of aromatic nitrogens is 2. The fourth-order valence-electron chi connectivity index (χ4n) is 4.39. The highest BCUT2D eigenvalue weighted by atomic mass is 19.1.